The second kappa shape index (κ2) is 10.7. The standard InChI is InChI=1S/C23H22F3N3O3.Na/c24-23(25,26)20-12-28-21(29-20)17-7-10-19(27-11-17)15-3-1-14(2-4-15)13-32-18-8-5-16(6-9-18)22(30)31;/h5-12,14-15H,1-4,13H2,(H,28,29)(H,30,31);/q;+1. The van der Waals surface area contributed by atoms with Crippen molar-refractivity contribution >= 4 is 5.97 Å². The molecule has 0 unspecified atom stereocenters. The first-order valence-electron chi connectivity index (χ1n) is 10.3. The van der Waals surface area contributed by atoms with Crippen molar-refractivity contribution in [3.63, 3.8) is 0 Å². The van der Waals surface area contributed by atoms with E-state index in [9.17, 15) is 18.0 Å². The van der Waals surface area contributed by atoms with Gasteiger partial charge in [-0.2, -0.15) is 13.2 Å². The Bertz CT molecular complexity index is 1060. The molecule has 0 amide bonds. The number of aromatic nitrogens is 3. The van der Waals surface area contributed by atoms with E-state index in [1.165, 1.54) is 12.1 Å². The number of carboxylic acids is 1. The Balaban J connectivity index is 0.00000306. The number of imidazole rings is 1. The number of aromatic amines is 1. The molecule has 1 aliphatic rings. The molecule has 1 saturated carbocycles. The normalized spacial score (nSPS) is 18.4. The SMILES string of the molecule is O=C(O)c1ccc(OCC2CCC(c3ccc(-c4ncc(C(F)(F)F)[nH]4)cn3)CC2)cc1.[Na+]. The summed E-state index contributed by atoms with van der Waals surface area (Å²) in [5.41, 5.74) is 0.791. The summed E-state index contributed by atoms with van der Waals surface area (Å²) >= 11 is 0. The molecule has 2 aromatic heterocycles. The average molecular weight is 468 g/mol. The Hall–Kier alpha value is -2.36. The van der Waals surface area contributed by atoms with Gasteiger partial charge in [0.25, 0.3) is 0 Å². The smallest absolute Gasteiger partial charge is 0.493 e. The van der Waals surface area contributed by atoms with Gasteiger partial charge in [-0.25, -0.2) is 9.78 Å². The number of nitrogens with zero attached hydrogens (tertiary/aromatic N) is 2. The molecule has 3 aromatic rings. The van der Waals surface area contributed by atoms with Gasteiger partial charge >= 0.3 is 41.7 Å². The Morgan fingerprint density at radius 2 is 1.73 bits per heavy atom. The van der Waals surface area contributed by atoms with Crippen LogP contribution in [0.15, 0.2) is 48.8 Å². The molecule has 33 heavy (non-hydrogen) atoms. The molecule has 168 valence electrons. The van der Waals surface area contributed by atoms with Gasteiger partial charge in [0, 0.05) is 23.4 Å². The molecule has 1 aliphatic carbocycles. The summed E-state index contributed by atoms with van der Waals surface area (Å²) in [6.45, 7) is 0.575. The number of H-pyrrole nitrogens is 1. The first-order chi connectivity index (χ1) is 15.3. The van der Waals surface area contributed by atoms with E-state index < -0.39 is 17.8 Å². The van der Waals surface area contributed by atoms with E-state index in [-0.39, 0.29) is 40.9 Å². The number of nitrogens with one attached hydrogen (secondary N) is 1. The molecule has 0 atom stereocenters. The zero-order chi connectivity index (χ0) is 22.7. The fourth-order valence-electron chi connectivity index (χ4n) is 3.93. The summed E-state index contributed by atoms with van der Waals surface area (Å²) < 4.78 is 44.0. The molecule has 0 spiro atoms. The number of carbonyl (C=O) groups is 1. The minimum Gasteiger partial charge on any atom is -0.493 e. The van der Waals surface area contributed by atoms with Crippen LogP contribution in [0.25, 0.3) is 11.4 Å². The van der Waals surface area contributed by atoms with Crippen molar-refractivity contribution in [2.24, 2.45) is 5.92 Å². The van der Waals surface area contributed by atoms with Crippen LogP contribution >= 0.6 is 0 Å². The molecule has 0 radical (unpaired) electrons. The largest absolute Gasteiger partial charge is 1.00 e. The second-order valence-electron chi connectivity index (χ2n) is 7.97. The summed E-state index contributed by atoms with van der Waals surface area (Å²) in [4.78, 5) is 21.5. The maximum absolute atomic E-state index is 12.7. The molecule has 10 heteroatoms. The summed E-state index contributed by atoms with van der Waals surface area (Å²) in [7, 11) is 0. The van der Waals surface area contributed by atoms with Gasteiger partial charge in [-0.3, -0.25) is 4.98 Å². The average Bonchev–Trinajstić information content (AvgIpc) is 3.30. The van der Waals surface area contributed by atoms with Crippen LogP contribution in [0.5, 0.6) is 5.75 Å². The number of carboxylic acid groups (broad SMARTS) is 1. The van der Waals surface area contributed by atoms with Gasteiger partial charge in [-0.1, -0.05) is 0 Å². The Labute approximate surface area is 210 Å². The fourth-order valence-corrected chi connectivity index (χ4v) is 3.93. The molecule has 0 saturated heterocycles. The Kier molecular flexibility index (Phi) is 8.20. The molecule has 1 aromatic carbocycles. The number of pyridine rings is 1. The Morgan fingerprint density at radius 3 is 2.27 bits per heavy atom. The number of alkyl halides is 3. The van der Waals surface area contributed by atoms with Gasteiger partial charge < -0.3 is 14.8 Å². The first kappa shape index (κ1) is 25.3. The molecule has 2 N–H and O–H groups in total. The van der Waals surface area contributed by atoms with Crippen LogP contribution in [0.3, 0.4) is 0 Å². The van der Waals surface area contributed by atoms with Gasteiger partial charge in [0.1, 0.15) is 17.3 Å². The van der Waals surface area contributed by atoms with Crippen molar-refractivity contribution < 1.29 is 57.4 Å². The molecule has 1 fully saturated rings. The zero-order valence-corrected chi connectivity index (χ0v) is 20.1. The van der Waals surface area contributed by atoms with Gasteiger partial charge in [0.05, 0.1) is 18.4 Å². The van der Waals surface area contributed by atoms with E-state index in [2.05, 4.69) is 15.0 Å². The zero-order valence-electron chi connectivity index (χ0n) is 18.1. The summed E-state index contributed by atoms with van der Waals surface area (Å²) in [6.07, 6.45) is 1.76. The van der Waals surface area contributed by atoms with E-state index in [0.717, 1.165) is 37.6 Å². The van der Waals surface area contributed by atoms with E-state index in [0.29, 0.717) is 29.8 Å². The van der Waals surface area contributed by atoms with Gasteiger partial charge in [-0.15, -0.1) is 0 Å². The minimum atomic E-state index is -4.46. The third-order valence-electron chi connectivity index (χ3n) is 5.79. The van der Waals surface area contributed by atoms with Crippen LogP contribution in [0, 0.1) is 5.92 Å². The predicted octanol–water partition coefficient (Wildman–Crippen LogP) is 2.55. The number of hydrogen-bond donors (Lipinski definition) is 2. The first-order valence-corrected chi connectivity index (χ1v) is 10.3. The molecule has 0 bridgehead atoms. The minimum absolute atomic E-state index is 0. The number of hydrogen-bond acceptors (Lipinski definition) is 4. The van der Waals surface area contributed by atoms with Crippen molar-refractivity contribution in [2.45, 2.75) is 37.8 Å². The van der Waals surface area contributed by atoms with Crippen molar-refractivity contribution in [1.82, 2.24) is 15.0 Å². The molecule has 2 heterocycles. The van der Waals surface area contributed by atoms with Crippen LogP contribution in [0.1, 0.15) is 53.3 Å². The maximum atomic E-state index is 12.7. The number of benzene rings is 1. The van der Waals surface area contributed by atoms with Gasteiger partial charge in [0.15, 0.2) is 0 Å². The molecule has 4 rings (SSSR count). The number of ether oxygens (including phenoxy) is 1. The quantitative estimate of drug-likeness (QED) is 0.543. The van der Waals surface area contributed by atoms with Crippen LogP contribution < -0.4 is 34.3 Å². The third-order valence-corrected chi connectivity index (χ3v) is 5.79. The molecular formula is C23H22F3N3NaO3+. The van der Waals surface area contributed by atoms with Crippen LogP contribution in [0.2, 0.25) is 0 Å². The van der Waals surface area contributed by atoms with Crippen molar-refractivity contribution in [3.8, 4) is 17.1 Å². The topological polar surface area (TPSA) is 88.1 Å². The van der Waals surface area contributed by atoms with Gasteiger partial charge in [0.2, 0.25) is 0 Å². The van der Waals surface area contributed by atoms with E-state index in [1.807, 2.05) is 6.07 Å². The van der Waals surface area contributed by atoms with Crippen molar-refractivity contribution in [3.05, 3.63) is 65.7 Å². The maximum Gasteiger partial charge on any atom is 1.00 e. The predicted molar refractivity (Wildman–Crippen MR) is 110 cm³/mol. The third kappa shape index (κ3) is 6.37. The molecule has 6 nitrogen and oxygen atoms in total. The number of rotatable bonds is 6. The van der Waals surface area contributed by atoms with Crippen molar-refractivity contribution in [1.29, 1.82) is 0 Å². The van der Waals surface area contributed by atoms with Crippen LogP contribution in [-0.4, -0.2) is 32.6 Å². The summed E-state index contributed by atoms with van der Waals surface area (Å²) in [6, 6.07) is 9.98. The van der Waals surface area contributed by atoms with Gasteiger partial charge in [-0.05, 0) is 68.0 Å². The number of aromatic carboxylic acids is 1. The second-order valence-corrected chi connectivity index (χ2v) is 7.97. The number of halogens is 3. The van der Waals surface area contributed by atoms with E-state index in [1.54, 1.807) is 24.4 Å². The van der Waals surface area contributed by atoms with E-state index in [4.69, 9.17) is 9.84 Å². The molecule has 0 aliphatic heterocycles. The summed E-state index contributed by atoms with van der Waals surface area (Å²) in [5.74, 6) is 0.549. The Morgan fingerprint density at radius 1 is 1.03 bits per heavy atom. The molecular weight excluding hydrogens is 446 g/mol. The monoisotopic (exact) mass is 468 g/mol. The summed E-state index contributed by atoms with van der Waals surface area (Å²) in [5, 5.41) is 8.94. The fraction of sp³-hybridized carbons (Fsp3) is 0.348. The van der Waals surface area contributed by atoms with E-state index >= 15 is 0 Å². The van der Waals surface area contributed by atoms with Crippen LogP contribution in [-0.2, 0) is 6.18 Å². The van der Waals surface area contributed by atoms with Crippen LogP contribution in [0.4, 0.5) is 13.2 Å². The van der Waals surface area contributed by atoms with Crippen molar-refractivity contribution in [2.75, 3.05) is 6.61 Å².